The Morgan fingerprint density at radius 3 is 1.29 bits per heavy atom. The standard InChI is InChI=1S/C24H30N2O2/c27-11-25-21(19-17-3-13-1-14(4-17)8-23(19,25)7-13)22-20-18-5-15-2-16(6-18)10-24(20,9-15)26(22)12-28/h11-20H,1-10H2. The van der Waals surface area contributed by atoms with E-state index in [1.807, 2.05) is 0 Å². The molecule has 0 radical (unpaired) electrons. The molecule has 8 bridgehead atoms. The van der Waals surface area contributed by atoms with Gasteiger partial charge in [-0.15, -0.1) is 0 Å². The van der Waals surface area contributed by atoms with E-state index in [0.29, 0.717) is 11.8 Å². The summed E-state index contributed by atoms with van der Waals surface area (Å²) in [5.41, 5.74) is 2.88. The Balaban J connectivity index is 1.28. The third-order valence-electron chi connectivity index (χ3n) is 11.1. The summed E-state index contributed by atoms with van der Waals surface area (Å²) in [4.78, 5) is 29.1. The van der Waals surface area contributed by atoms with Crippen molar-refractivity contribution in [3.8, 4) is 0 Å². The van der Waals surface area contributed by atoms with Crippen molar-refractivity contribution in [1.82, 2.24) is 9.80 Å². The lowest BCUT2D eigenvalue weighted by Gasteiger charge is -2.76. The summed E-state index contributed by atoms with van der Waals surface area (Å²) in [6, 6.07) is 0. The van der Waals surface area contributed by atoms with Crippen LogP contribution < -0.4 is 0 Å². The van der Waals surface area contributed by atoms with Gasteiger partial charge in [-0.2, -0.15) is 0 Å². The molecule has 4 nitrogen and oxygen atoms in total. The number of carbonyl (C=O) groups excluding carboxylic acids is 2. The lowest BCUT2D eigenvalue weighted by molar-refractivity contribution is -0.203. The lowest BCUT2D eigenvalue weighted by atomic mass is 9.40. The fraction of sp³-hybridized carbons (Fsp3) is 0.833. The maximum absolute atomic E-state index is 12.4. The van der Waals surface area contributed by atoms with E-state index in [2.05, 4.69) is 9.80 Å². The summed E-state index contributed by atoms with van der Waals surface area (Å²) in [5, 5.41) is 0. The molecule has 10 rings (SSSR count). The first-order valence-electron chi connectivity index (χ1n) is 11.9. The molecule has 4 heteroatoms. The van der Waals surface area contributed by atoms with Crippen LogP contribution in [0.25, 0.3) is 0 Å². The molecule has 2 heterocycles. The van der Waals surface area contributed by atoms with Crippen molar-refractivity contribution in [3.63, 3.8) is 0 Å². The summed E-state index contributed by atoms with van der Waals surface area (Å²) < 4.78 is 0. The van der Waals surface area contributed by atoms with E-state index >= 15 is 0 Å². The van der Waals surface area contributed by atoms with Gasteiger partial charge < -0.3 is 9.80 Å². The minimum atomic E-state index is 0.127. The summed E-state index contributed by atoms with van der Waals surface area (Å²) in [7, 11) is 0. The summed E-state index contributed by atoms with van der Waals surface area (Å²) >= 11 is 0. The maximum Gasteiger partial charge on any atom is 0.214 e. The highest BCUT2D eigenvalue weighted by Gasteiger charge is 2.73. The first kappa shape index (κ1) is 15.5. The summed E-state index contributed by atoms with van der Waals surface area (Å²) in [6.07, 6.45) is 15.5. The molecule has 0 N–H and O–H groups in total. The van der Waals surface area contributed by atoms with E-state index in [1.165, 1.54) is 75.6 Å². The van der Waals surface area contributed by atoms with Crippen LogP contribution in [0.5, 0.6) is 0 Å². The SMILES string of the molecule is O=CN1C(=C2C3C4CC5CC(C4)CC3(C5)N2C=O)C2C3CC4CC(C3)CC21C4. The van der Waals surface area contributed by atoms with Crippen molar-refractivity contribution in [2.45, 2.75) is 75.3 Å². The van der Waals surface area contributed by atoms with Gasteiger partial charge >= 0.3 is 0 Å². The zero-order valence-electron chi connectivity index (χ0n) is 16.6. The molecule has 10 fully saturated rings. The van der Waals surface area contributed by atoms with Gasteiger partial charge in [0, 0.05) is 23.2 Å². The molecular weight excluding hydrogens is 348 g/mol. The molecule has 8 saturated carbocycles. The molecule has 8 aliphatic carbocycles. The average Bonchev–Trinajstić information content (AvgIpc) is 2.62. The third-order valence-corrected chi connectivity index (χ3v) is 11.1. The maximum atomic E-state index is 12.4. The minimum Gasteiger partial charge on any atom is -0.310 e. The Morgan fingerprint density at radius 1 is 0.607 bits per heavy atom. The van der Waals surface area contributed by atoms with Crippen LogP contribution in [0.2, 0.25) is 0 Å². The highest BCUT2D eigenvalue weighted by atomic mass is 16.1. The van der Waals surface area contributed by atoms with Crippen LogP contribution in [0.15, 0.2) is 11.4 Å². The molecule has 10 aliphatic rings. The van der Waals surface area contributed by atoms with Crippen LogP contribution in [0, 0.1) is 47.3 Å². The van der Waals surface area contributed by atoms with Gasteiger partial charge in [-0.25, -0.2) is 0 Å². The number of hydrogen-bond donors (Lipinski definition) is 0. The Kier molecular flexibility index (Phi) is 2.52. The second-order valence-electron chi connectivity index (χ2n) is 12.1. The van der Waals surface area contributed by atoms with Crippen LogP contribution in [0.3, 0.4) is 0 Å². The second-order valence-corrected chi connectivity index (χ2v) is 12.1. The van der Waals surface area contributed by atoms with Gasteiger partial charge in [0.15, 0.2) is 0 Å². The van der Waals surface area contributed by atoms with E-state index in [9.17, 15) is 9.59 Å². The highest BCUT2D eigenvalue weighted by molar-refractivity contribution is 5.66. The molecule has 0 aromatic heterocycles. The zero-order valence-corrected chi connectivity index (χ0v) is 16.6. The van der Waals surface area contributed by atoms with Crippen molar-refractivity contribution < 1.29 is 9.59 Å². The molecule has 6 unspecified atom stereocenters. The van der Waals surface area contributed by atoms with Gasteiger partial charge in [0.25, 0.3) is 0 Å². The topological polar surface area (TPSA) is 40.6 Å². The van der Waals surface area contributed by atoms with Crippen LogP contribution >= 0.6 is 0 Å². The number of hydrogen-bond acceptors (Lipinski definition) is 2. The van der Waals surface area contributed by atoms with Crippen LogP contribution in [0.4, 0.5) is 0 Å². The number of likely N-dealkylation sites (tertiary alicyclic amines) is 2. The fourth-order valence-electron chi connectivity index (χ4n) is 11.2. The van der Waals surface area contributed by atoms with E-state index in [-0.39, 0.29) is 11.1 Å². The van der Waals surface area contributed by atoms with Gasteiger partial charge in [-0.3, -0.25) is 9.59 Å². The highest BCUT2D eigenvalue weighted by Crippen LogP contribution is 2.74. The number of carbonyl (C=O) groups is 2. The first-order valence-corrected chi connectivity index (χ1v) is 11.9. The normalized spacial score (nSPS) is 61.6. The second kappa shape index (κ2) is 4.54. The van der Waals surface area contributed by atoms with Crippen molar-refractivity contribution in [1.29, 1.82) is 0 Å². The van der Waals surface area contributed by atoms with Crippen LogP contribution in [-0.4, -0.2) is 33.7 Å². The zero-order chi connectivity index (χ0) is 18.4. The van der Waals surface area contributed by atoms with E-state index in [0.717, 1.165) is 48.3 Å². The molecule has 2 spiro atoms. The first-order chi connectivity index (χ1) is 13.7. The third kappa shape index (κ3) is 1.42. The molecule has 2 amide bonds. The number of nitrogens with zero attached hydrogens (tertiary/aromatic N) is 2. The lowest BCUT2D eigenvalue weighted by Crippen LogP contribution is -2.79. The quantitative estimate of drug-likeness (QED) is 0.690. The molecular formula is C24H30N2O2. The van der Waals surface area contributed by atoms with Gasteiger partial charge in [0.05, 0.1) is 11.1 Å². The van der Waals surface area contributed by atoms with Crippen molar-refractivity contribution in [3.05, 3.63) is 11.4 Å². The molecule has 6 atom stereocenters. The average molecular weight is 379 g/mol. The smallest absolute Gasteiger partial charge is 0.214 e. The molecule has 148 valence electrons. The number of amides is 2. The summed E-state index contributed by atoms with van der Waals surface area (Å²) in [5.74, 6) is 6.06. The number of rotatable bonds is 2. The van der Waals surface area contributed by atoms with Crippen molar-refractivity contribution in [2.75, 3.05) is 0 Å². The van der Waals surface area contributed by atoms with E-state index in [4.69, 9.17) is 0 Å². The van der Waals surface area contributed by atoms with Crippen LogP contribution in [-0.2, 0) is 9.59 Å². The molecule has 2 aliphatic heterocycles. The van der Waals surface area contributed by atoms with E-state index in [1.54, 1.807) is 0 Å². The minimum absolute atomic E-state index is 0.127. The van der Waals surface area contributed by atoms with Gasteiger partial charge in [-0.05, 0) is 99.7 Å². The van der Waals surface area contributed by atoms with Crippen LogP contribution in [0.1, 0.15) is 64.2 Å². The Bertz CT molecular complexity index is 752. The van der Waals surface area contributed by atoms with Crippen molar-refractivity contribution >= 4 is 12.8 Å². The predicted octanol–water partition coefficient (Wildman–Crippen LogP) is 3.53. The summed E-state index contributed by atoms with van der Waals surface area (Å²) in [6.45, 7) is 0. The largest absolute Gasteiger partial charge is 0.310 e. The van der Waals surface area contributed by atoms with Gasteiger partial charge in [-0.1, -0.05) is 0 Å². The fourth-order valence-corrected chi connectivity index (χ4v) is 11.2. The molecule has 28 heavy (non-hydrogen) atoms. The Labute approximate surface area is 166 Å². The Morgan fingerprint density at radius 2 is 0.964 bits per heavy atom. The molecule has 0 aromatic rings. The molecule has 2 saturated heterocycles. The predicted molar refractivity (Wildman–Crippen MR) is 102 cm³/mol. The monoisotopic (exact) mass is 378 g/mol. The van der Waals surface area contributed by atoms with Crippen molar-refractivity contribution in [2.24, 2.45) is 47.3 Å². The molecule has 0 aromatic carbocycles. The Hall–Kier alpha value is -1.32. The van der Waals surface area contributed by atoms with E-state index < -0.39 is 0 Å². The van der Waals surface area contributed by atoms with Gasteiger partial charge in [0.2, 0.25) is 12.8 Å². The van der Waals surface area contributed by atoms with Gasteiger partial charge in [0.1, 0.15) is 0 Å².